The number of nitrogens with one attached hydrogen (secondary N) is 1. The summed E-state index contributed by atoms with van der Waals surface area (Å²) in [5, 5.41) is 2.88. The Morgan fingerprint density at radius 2 is 2.25 bits per heavy atom. The maximum atomic E-state index is 11.8. The molecule has 102 valence electrons. The fourth-order valence-corrected chi connectivity index (χ4v) is 2.30. The van der Waals surface area contributed by atoms with Crippen LogP contribution < -0.4 is 10.1 Å². The van der Waals surface area contributed by atoms with E-state index in [9.17, 15) is 4.79 Å². The van der Waals surface area contributed by atoms with Crippen LogP contribution in [0.25, 0.3) is 0 Å². The van der Waals surface area contributed by atoms with Gasteiger partial charge in [0.1, 0.15) is 11.4 Å². The van der Waals surface area contributed by atoms with Crippen LogP contribution in [0.1, 0.15) is 21.6 Å². The Labute approximate surface area is 117 Å². The Balaban J connectivity index is 1.54. The van der Waals surface area contributed by atoms with E-state index in [2.05, 4.69) is 22.4 Å². The zero-order chi connectivity index (χ0) is 13.8. The molecule has 0 aliphatic carbocycles. The van der Waals surface area contributed by atoms with Crippen molar-refractivity contribution in [3.05, 3.63) is 59.4 Å². The van der Waals surface area contributed by atoms with Crippen molar-refractivity contribution in [2.45, 2.75) is 12.8 Å². The lowest BCUT2D eigenvalue weighted by Crippen LogP contribution is -2.26. The first-order valence-corrected chi connectivity index (χ1v) is 6.77. The van der Waals surface area contributed by atoms with E-state index in [-0.39, 0.29) is 5.91 Å². The van der Waals surface area contributed by atoms with Crippen molar-refractivity contribution in [2.24, 2.45) is 0 Å². The van der Waals surface area contributed by atoms with Crippen molar-refractivity contribution < 1.29 is 9.53 Å². The van der Waals surface area contributed by atoms with Crippen molar-refractivity contribution in [2.75, 3.05) is 13.2 Å². The number of benzene rings is 1. The minimum Gasteiger partial charge on any atom is -0.493 e. The fraction of sp³-hybridized carbons (Fsp3) is 0.250. The van der Waals surface area contributed by atoms with E-state index in [0.29, 0.717) is 12.2 Å². The predicted octanol–water partition coefficient (Wildman–Crippen LogP) is 1.99. The van der Waals surface area contributed by atoms with Gasteiger partial charge in [0.2, 0.25) is 0 Å². The summed E-state index contributed by atoms with van der Waals surface area (Å²) in [7, 11) is 0. The van der Waals surface area contributed by atoms with Crippen LogP contribution in [0.2, 0.25) is 0 Å². The molecule has 1 N–H and O–H groups in total. The fourth-order valence-electron chi connectivity index (χ4n) is 2.30. The molecule has 1 aliphatic heterocycles. The molecule has 0 fully saturated rings. The number of rotatable bonds is 4. The van der Waals surface area contributed by atoms with Crippen LogP contribution >= 0.6 is 0 Å². The number of aromatic nitrogens is 1. The van der Waals surface area contributed by atoms with E-state index in [1.807, 2.05) is 12.1 Å². The number of ether oxygens (including phenoxy) is 1. The van der Waals surface area contributed by atoms with Gasteiger partial charge in [-0.15, -0.1) is 0 Å². The standard InChI is InChI=1S/C16H16N2O2/c19-16(14-3-1-2-8-17-14)18-9-6-12-4-5-15-13(11-12)7-10-20-15/h1-5,8,11H,6-7,9-10H2,(H,18,19). The molecule has 3 rings (SSSR count). The van der Waals surface area contributed by atoms with Gasteiger partial charge in [-0.2, -0.15) is 0 Å². The summed E-state index contributed by atoms with van der Waals surface area (Å²) < 4.78 is 5.48. The molecule has 0 atom stereocenters. The molecule has 1 aromatic carbocycles. The van der Waals surface area contributed by atoms with Gasteiger partial charge in [0.15, 0.2) is 0 Å². The number of amides is 1. The second kappa shape index (κ2) is 5.74. The largest absolute Gasteiger partial charge is 0.493 e. The Morgan fingerprint density at radius 3 is 3.10 bits per heavy atom. The van der Waals surface area contributed by atoms with Crippen molar-refractivity contribution >= 4 is 5.91 Å². The first-order chi connectivity index (χ1) is 9.83. The molecule has 1 aliphatic rings. The highest BCUT2D eigenvalue weighted by Gasteiger charge is 2.12. The highest BCUT2D eigenvalue weighted by Crippen LogP contribution is 2.25. The van der Waals surface area contributed by atoms with Crippen molar-refractivity contribution in [1.82, 2.24) is 10.3 Å². The first-order valence-electron chi connectivity index (χ1n) is 6.77. The van der Waals surface area contributed by atoms with E-state index in [0.717, 1.165) is 25.2 Å². The Morgan fingerprint density at radius 1 is 1.30 bits per heavy atom. The molecule has 20 heavy (non-hydrogen) atoms. The second-order valence-electron chi connectivity index (χ2n) is 4.76. The Kier molecular flexibility index (Phi) is 3.63. The second-order valence-corrected chi connectivity index (χ2v) is 4.76. The molecule has 4 nitrogen and oxygen atoms in total. The van der Waals surface area contributed by atoms with Gasteiger partial charge in [-0.3, -0.25) is 9.78 Å². The number of nitrogens with zero attached hydrogens (tertiary/aromatic N) is 1. The predicted molar refractivity (Wildman–Crippen MR) is 75.9 cm³/mol. The number of hydrogen-bond donors (Lipinski definition) is 1. The highest BCUT2D eigenvalue weighted by atomic mass is 16.5. The third-order valence-corrected chi connectivity index (χ3v) is 3.35. The van der Waals surface area contributed by atoms with Gasteiger partial charge in [-0.25, -0.2) is 0 Å². The molecule has 2 aromatic rings. The number of hydrogen-bond acceptors (Lipinski definition) is 3. The molecule has 0 spiro atoms. The summed E-state index contributed by atoms with van der Waals surface area (Å²) in [5.41, 5.74) is 2.93. The van der Waals surface area contributed by atoms with Crippen molar-refractivity contribution in [3.63, 3.8) is 0 Å². The molecular weight excluding hydrogens is 252 g/mol. The van der Waals surface area contributed by atoms with Gasteiger partial charge < -0.3 is 10.1 Å². The monoisotopic (exact) mass is 268 g/mol. The van der Waals surface area contributed by atoms with Crippen molar-refractivity contribution in [1.29, 1.82) is 0 Å². The SMILES string of the molecule is O=C(NCCc1ccc2c(c1)CCO2)c1ccccn1. The average Bonchev–Trinajstić information content (AvgIpc) is 2.95. The van der Waals surface area contributed by atoms with Gasteiger partial charge in [0.25, 0.3) is 5.91 Å². The minimum atomic E-state index is -0.130. The van der Waals surface area contributed by atoms with Crippen LogP contribution in [0.5, 0.6) is 5.75 Å². The van der Waals surface area contributed by atoms with Gasteiger partial charge in [0.05, 0.1) is 6.61 Å². The Hall–Kier alpha value is -2.36. The molecule has 2 heterocycles. The third kappa shape index (κ3) is 2.79. The van der Waals surface area contributed by atoms with Crippen molar-refractivity contribution in [3.8, 4) is 5.75 Å². The number of pyridine rings is 1. The van der Waals surface area contributed by atoms with Crippen LogP contribution in [0, 0.1) is 0 Å². The van der Waals surface area contributed by atoms with Crippen LogP contribution in [0.15, 0.2) is 42.6 Å². The first kappa shape index (κ1) is 12.7. The summed E-state index contributed by atoms with van der Waals surface area (Å²) in [4.78, 5) is 15.9. The lowest BCUT2D eigenvalue weighted by atomic mass is 10.1. The third-order valence-electron chi connectivity index (χ3n) is 3.35. The van der Waals surface area contributed by atoms with Crippen LogP contribution in [0.3, 0.4) is 0 Å². The zero-order valence-electron chi connectivity index (χ0n) is 11.1. The quantitative estimate of drug-likeness (QED) is 0.922. The maximum absolute atomic E-state index is 11.8. The van der Waals surface area contributed by atoms with Gasteiger partial charge in [-0.1, -0.05) is 18.2 Å². The summed E-state index contributed by atoms with van der Waals surface area (Å²) in [5.74, 6) is 0.862. The smallest absolute Gasteiger partial charge is 0.269 e. The highest BCUT2D eigenvalue weighted by molar-refractivity contribution is 5.92. The maximum Gasteiger partial charge on any atom is 0.269 e. The number of carbonyl (C=O) groups is 1. The van der Waals surface area contributed by atoms with E-state index in [4.69, 9.17) is 4.74 Å². The van der Waals surface area contributed by atoms with E-state index >= 15 is 0 Å². The molecule has 0 unspecified atom stereocenters. The normalized spacial score (nSPS) is 12.6. The molecule has 1 amide bonds. The lowest BCUT2D eigenvalue weighted by molar-refractivity contribution is 0.0949. The zero-order valence-corrected chi connectivity index (χ0v) is 11.1. The summed E-state index contributed by atoms with van der Waals surface area (Å²) in [6.07, 6.45) is 3.41. The lowest BCUT2D eigenvalue weighted by Gasteiger charge is -2.06. The molecule has 0 saturated carbocycles. The molecule has 1 aromatic heterocycles. The minimum absolute atomic E-state index is 0.130. The van der Waals surface area contributed by atoms with Crippen LogP contribution in [-0.4, -0.2) is 24.0 Å². The van der Waals surface area contributed by atoms with Gasteiger partial charge in [0, 0.05) is 19.2 Å². The molecule has 0 bridgehead atoms. The summed E-state index contributed by atoms with van der Waals surface area (Å²) in [6, 6.07) is 11.5. The summed E-state index contributed by atoms with van der Waals surface area (Å²) in [6.45, 7) is 1.38. The van der Waals surface area contributed by atoms with Gasteiger partial charge in [-0.05, 0) is 35.7 Å². The van der Waals surface area contributed by atoms with Crippen LogP contribution in [0.4, 0.5) is 0 Å². The van der Waals surface area contributed by atoms with Gasteiger partial charge >= 0.3 is 0 Å². The number of carbonyl (C=O) groups excluding carboxylic acids is 1. The van der Waals surface area contributed by atoms with Crippen LogP contribution in [-0.2, 0) is 12.8 Å². The molecular formula is C16H16N2O2. The average molecular weight is 268 g/mol. The van der Waals surface area contributed by atoms with E-state index in [1.165, 1.54) is 11.1 Å². The molecule has 4 heteroatoms. The topological polar surface area (TPSA) is 51.2 Å². The Bertz CT molecular complexity index is 611. The number of fused-ring (bicyclic) bond motifs is 1. The molecule has 0 radical (unpaired) electrons. The van der Waals surface area contributed by atoms with E-state index < -0.39 is 0 Å². The van der Waals surface area contributed by atoms with E-state index in [1.54, 1.807) is 18.3 Å². The molecule has 0 saturated heterocycles. The summed E-state index contributed by atoms with van der Waals surface area (Å²) >= 11 is 0.